The molecule has 0 bridgehead atoms. The number of benzene rings is 3. The smallest absolute Gasteiger partial charge is 0.343 e. The third-order valence-electron chi connectivity index (χ3n) is 4.69. The summed E-state index contributed by atoms with van der Waals surface area (Å²) in [5, 5.41) is 4.44. The maximum absolute atomic E-state index is 13.0. The molecular formula is C25H21Br2ClN2O7. The molecule has 0 radical (unpaired) electrons. The molecule has 37 heavy (non-hydrogen) atoms. The topological polar surface area (TPSA) is 105 Å². The first-order chi connectivity index (χ1) is 17.7. The van der Waals surface area contributed by atoms with Crippen LogP contribution < -0.4 is 29.1 Å². The van der Waals surface area contributed by atoms with Crippen LogP contribution >= 0.6 is 43.5 Å². The van der Waals surface area contributed by atoms with Crippen LogP contribution in [0.2, 0.25) is 5.02 Å². The molecule has 0 saturated carbocycles. The Balaban J connectivity index is 1.76. The van der Waals surface area contributed by atoms with Crippen molar-refractivity contribution in [2.45, 2.75) is 0 Å². The van der Waals surface area contributed by atoms with Gasteiger partial charge in [-0.15, -0.1) is 0 Å². The van der Waals surface area contributed by atoms with Gasteiger partial charge in [-0.1, -0.05) is 33.6 Å². The predicted molar refractivity (Wildman–Crippen MR) is 146 cm³/mol. The fourth-order valence-electron chi connectivity index (χ4n) is 3.05. The van der Waals surface area contributed by atoms with Crippen LogP contribution in [0.4, 0.5) is 0 Å². The highest BCUT2D eigenvalue weighted by molar-refractivity contribution is 9.11. The van der Waals surface area contributed by atoms with Crippen LogP contribution in [-0.4, -0.2) is 46.0 Å². The summed E-state index contributed by atoms with van der Waals surface area (Å²) in [5.41, 5.74) is 2.93. The van der Waals surface area contributed by atoms with E-state index in [-0.39, 0.29) is 17.9 Å². The number of rotatable bonds is 10. The Hall–Kier alpha value is -3.28. The molecule has 0 heterocycles. The summed E-state index contributed by atoms with van der Waals surface area (Å²) in [5.74, 6) is 0.381. The highest BCUT2D eigenvalue weighted by Gasteiger charge is 2.20. The molecule has 0 unspecified atom stereocenters. The van der Waals surface area contributed by atoms with E-state index in [0.717, 1.165) is 0 Å². The SMILES string of the molecule is COc1cc(C(=O)Oc2c(Br)cc(Br)cc2/C=N\NC(=O)COc2cccc(Cl)c2)cc(OC)c1OC. The van der Waals surface area contributed by atoms with E-state index >= 15 is 0 Å². The van der Waals surface area contributed by atoms with Gasteiger partial charge in [0, 0.05) is 15.1 Å². The Labute approximate surface area is 234 Å². The minimum atomic E-state index is -0.684. The second kappa shape index (κ2) is 13.3. The molecule has 9 nitrogen and oxygen atoms in total. The average molecular weight is 657 g/mol. The third-order valence-corrected chi connectivity index (χ3v) is 5.97. The molecule has 0 spiro atoms. The van der Waals surface area contributed by atoms with Crippen LogP contribution in [0.5, 0.6) is 28.7 Å². The van der Waals surface area contributed by atoms with Gasteiger partial charge in [-0.05, 0) is 58.4 Å². The van der Waals surface area contributed by atoms with Crippen LogP contribution in [0, 0.1) is 0 Å². The molecule has 1 amide bonds. The van der Waals surface area contributed by atoms with Gasteiger partial charge in [0.05, 0.1) is 37.6 Å². The van der Waals surface area contributed by atoms with Crippen LogP contribution in [0.3, 0.4) is 0 Å². The number of methoxy groups -OCH3 is 3. The van der Waals surface area contributed by atoms with Gasteiger partial charge >= 0.3 is 5.97 Å². The number of nitrogens with zero attached hydrogens (tertiary/aromatic N) is 1. The zero-order chi connectivity index (χ0) is 26.9. The number of hydrazone groups is 1. The largest absolute Gasteiger partial charge is 0.493 e. The summed E-state index contributed by atoms with van der Waals surface area (Å²) in [6.07, 6.45) is 1.34. The molecule has 1 N–H and O–H groups in total. The number of ether oxygens (including phenoxy) is 5. The van der Waals surface area contributed by atoms with Gasteiger partial charge in [-0.25, -0.2) is 10.2 Å². The summed E-state index contributed by atoms with van der Waals surface area (Å²) in [4.78, 5) is 25.1. The van der Waals surface area contributed by atoms with Gasteiger partial charge in [-0.2, -0.15) is 5.10 Å². The van der Waals surface area contributed by atoms with Crippen molar-refractivity contribution < 1.29 is 33.3 Å². The second-order valence-corrected chi connectivity index (χ2v) is 9.36. The van der Waals surface area contributed by atoms with E-state index in [4.69, 9.17) is 35.3 Å². The van der Waals surface area contributed by atoms with Crippen LogP contribution in [0.25, 0.3) is 0 Å². The number of carbonyl (C=O) groups excluding carboxylic acids is 2. The Morgan fingerprint density at radius 3 is 2.30 bits per heavy atom. The zero-order valence-corrected chi connectivity index (χ0v) is 23.8. The summed E-state index contributed by atoms with van der Waals surface area (Å²) in [7, 11) is 4.35. The molecule has 0 atom stereocenters. The normalized spacial score (nSPS) is 10.6. The van der Waals surface area contributed by atoms with Crippen molar-refractivity contribution in [1.29, 1.82) is 0 Å². The van der Waals surface area contributed by atoms with Crippen molar-refractivity contribution in [3.8, 4) is 28.7 Å². The van der Waals surface area contributed by atoms with Crippen molar-refractivity contribution in [2.75, 3.05) is 27.9 Å². The van der Waals surface area contributed by atoms with E-state index in [1.807, 2.05) is 0 Å². The second-order valence-electron chi connectivity index (χ2n) is 7.15. The Bertz CT molecular complexity index is 1310. The number of esters is 1. The highest BCUT2D eigenvalue weighted by atomic mass is 79.9. The first-order valence-electron chi connectivity index (χ1n) is 10.5. The molecule has 0 aliphatic heterocycles. The minimum Gasteiger partial charge on any atom is -0.493 e. The molecular weight excluding hydrogens is 636 g/mol. The number of carbonyl (C=O) groups is 2. The summed E-state index contributed by atoms with van der Waals surface area (Å²) in [6.45, 7) is -0.275. The molecule has 0 aliphatic carbocycles. The van der Waals surface area contributed by atoms with E-state index in [1.54, 1.807) is 36.4 Å². The molecule has 194 valence electrons. The monoisotopic (exact) mass is 654 g/mol. The fraction of sp³-hybridized carbons (Fsp3) is 0.160. The van der Waals surface area contributed by atoms with E-state index in [0.29, 0.717) is 42.5 Å². The van der Waals surface area contributed by atoms with E-state index in [2.05, 4.69) is 42.4 Å². The van der Waals surface area contributed by atoms with Crippen LogP contribution in [0.15, 0.2) is 62.6 Å². The molecule has 12 heteroatoms. The molecule has 3 aromatic carbocycles. The number of halogens is 3. The van der Waals surface area contributed by atoms with Gasteiger partial charge in [0.2, 0.25) is 5.75 Å². The van der Waals surface area contributed by atoms with Crippen molar-refractivity contribution in [1.82, 2.24) is 5.43 Å². The standard InChI is InChI=1S/C25H21Br2ClN2O7/c1-33-20-8-14(9-21(34-2)24(20)35-3)25(32)37-23-15(7-16(26)10-19(23)27)12-29-30-22(31)13-36-18-6-4-5-17(28)11-18/h4-12H,13H2,1-3H3,(H,30,31)/b29-12-. The Kier molecular flexibility index (Phi) is 10.2. The molecule has 0 fully saturated rings. The Morgan fingerprint density at radius 2 is 1.68 bits per heavy atom. The average Bonchev–Trinajstić information content (AvgIpc) is 2.88. The first-order valence-corrected chi connectivity index (χ1v) is 12.4. The quantitative estimate of drug-likeness (QED) is 0.130. The van der Waals surface area contributed by atoms with Crippen LogP contribution in [0.1, 0.15) is 15.9 Å². The van der Waals surface area contributed by atoms with Gasteiger partial charge in [-0.3, -0.25) is 4.79 Å². The van der Waals surface area contributed by atoms with Gasteiger partial charge in [0.25, 0.3) is 5.91 Å². The van der Waals surface area contributed by atoms with E-state index < -0.39 is 11.9 Å². The van der Waals surface area contributed by atoms with E-state index in [1.165, 1.54) is 39.7 Å². The summed E-state index contributed by atoms with van der Waals surface area (Å²) >= 11 is 12.7. The summed E-state index contributed by atoms with van der Waals surface area (Å²) in [6, 6.07) is 13.0. The van der Waals surface area contributed by atoms with E-state index in [9.17, 15) is 9.59 Å². The molecule has 0 aliphatic rings. The Morgan fingerprint density at radius 1 is 0.973 bits per heavy atom. The van der Waals surface area contributed by atoms with Crippen molar-refractivity contribution in [3.05, 3.63) is 73.6 Å². The molecule has 3 aromatic rings. The lowest BCUT2D eigenvalue weighted by Gasteiger charge is -2.15. The number of amides is 1. The van der Waals surface area contributed by atoms with Gasteiger partial charge in [0.1, 0.15) is 5.75 Å². The lowest BCUT2D eigenvalue weighted by atomic mass is 10.1. The molecule has 3 rings (SSSR count). The zero-order valence-electron chi connectivity index (χ0n) is 19.8. The number of hydrogen-bond donors (Lipinski definition) is 1. The maximum Gasteiger partial charge on any atom is 0.343 e. The van der Waals surface area contributed by atoms with Crippen molar-refractivity contribution in [2.24, 2.45) is 5.10 Å². The number of hydrogen-bond acceptors (Lipinski definition) is 8. The van der Waals surface area contributed by atoms with Crippen molar-refractivity contribution >= 4 is 61.6 Å². The summed E-state index contributed by atoms with van der Waals surface area (Å²) < 4.78 is 28.1. The first kappa shape index (κ1) is 28.3. The highest BCUT2D eigenvalue weighted by Crippen LogP contribution is 2.39. The number of nitrogens with one attached hydrogen (secondary N) is 1. The van der Waals surface area contributed by atoms with Crippen LogP contribution in [-0.2, 0) is 4.79 Å². The molecule has 0 aromatic heterocycles. The predicted octanol–water partition coefficient (Wildman–Crippen LogP) is 5.64. The maximum atomic E-state index is 13.0. The van der Waals surface area contributed by atoms with Crippen molar-refractivity contribution in [3.63, 3.8) is 0 Å². The third kappa shape index (κ3) is 7.61. The fourth-order valence-corrected chi connectivity index (χ4v) is 4.57. The molecule has 0 saturated heterocycles. The lowest BCUT2D eigenvalue weighted by Crippen LogP contribution is -2.24. The minimum absolute atomic E-state index is 0.165. The van der Waals surface area contributed by atoms with Gasteiger partial charge < -0.3 is 23.7 Å². The van der Waals surface area contributed by atoms with Gasteiger partial charge in [0.15, 0.2) is 23.9 Å². The lowest BCUT2D eigenvalue weighted by molar-refractivity contribution is -0.123.